The van der Waals surface area contributed by atoms with E-state index in [1.54, 1.807) is 30.3 Å². The summed E-state index contributed by atoms with van der Waals surface area (Å²) in [5.41, 5.74) is 2.38. The van der Waals surface area contributed by atoms with Crippen LogP contribution in [0, 0.1) is 6.92 Å². The van der Waals surface area contributed by atoms with E-state index in [1.165, 1.54) is 6.07 Å². The standard InChI is InChI=1S/C17H14N2O3/c1-11-5-4-6-12(9-11)18-17(21)14-10-16(22-19-14)13-7-2-3-8-15(13)20/h2-10,20H,1H3,(H,18,21). The number of carbonyl (C=O) groups excluding carboxylic acids is 1. The highest BCUT2D eigenvalue weighted by Crippen LogP contribution is 2.29. The minimum absolute atomic E-state index is 0.0734. The predicted octanol–water partition coefficient (Wildman–Crippen LogP) is 3.61. The summed E-state index contributed by atoms with van der Waals surface area (Å²) in [6.07, 6.45) is 0. The Morgan fingerprint density at radius 2 is 1.95 bits per heavy atom. The number of phenolic OH excluding ortho intramolecular Hbond substituents is 1. The van der Waals surface area contributed by atoms with Gasteiger partial charge in [0.25, 0.3) is 5.91 Å². The topological polar surface area (TPSA) is 75.4 Å². The third kappa shape index (κ3) is 2.83. The number of hydrogen-bond acceptors (Lipinski definition) is 4. The van der Waals surface area contributed by atoms with Crippen LogP contribution >= 0.6 is 0 Å². The molecule has 3 rings (SSSR count). The molecule has 0 saturated carbocycles. The number of benzene rings is 2. The molecule has 1 heterocycles. The van der Waals surface area contributed by atoms with Gasteiger partial charge in [0.05, 0.1) is 5.56 Å². The van der Waals surface area contributed by atoms with Crippen molar-refractivity contribution in [2.45, 2.75) is 6.92 Å². The summed E-state index contributed by atoms with van der Waals surface area (Å²) in [6.45, 7) is 1.95. The zero-order valence-corrected chi connectivity index (χ0v) is 11.9. The Morgan fingerprint density at radius 1 is 1.14 bits per heavy atom. The van der Waals surface area contributed by atoms with E-state index in [9.17, 15) is 9.90 Å². The van der Waals surface area contributed by atoms with Gasteiger partial charge in [0, 0.05) is 11.8 Å². The average Bonchev–Trinajstić information content (AvgIpc) is 2.97. The van der Waals surface area contributed by atoms with Gasteiger partial charge in [-0.15, -0.1) is 0 Å². The predicted molar refractivity (Wildman–Crippen MR) is 82.7 cm³/mol. The van der Waals surface area contributed by atoms with E-state index < -0.39 is 0 Å². The van der Waals surface area contributed by atoms with Crippen LogP contribution in [0.3, 0.4) is 0 Å². The number of carbonyl (C=O) groups is 1. The number of aromatic nitrogens is 1. The average molecular weight is 294 g/mol. The number of rotatable bonds is 3. The summed E-state index contributed by atoms with van der Waals surface area (Å²) in [6, 6.07) is 15.7. The van der Waals surface area contributed by atoms with Crippen molar-refractivity contribution < 1.29 is 14.4 Å². The Hall–Kier alpha value is -3.08. The van der Waals surface area contributed by atoms with Gasteiger partial charge in [-0.05, 0) is 36.8 Å². The maximum absolute atomic E-state index is 12.2. The number of para-hydroxylation sites is 1. The fourth-order valence-electron chi connectivity index (χ4n) is 2.11. The van der Waals surface area contributed by atoms with Crippen molar-refractivity contribution in [3.8, 4) is 17.1 Å². The zero-order chi connectivity index (χ0) is 15.5. The first-order valence-corrected chi connectivity index (χ1v) is 6.76. The monoisotopic (exact) mass is 294 g/mol. The molecule has 1 aromatic heterocycles. The molecule has 3 aromatic rings. The molecule has 0 aliphatic heterocycles. The number of hydrogen-bond donors (Lipinski definition) is 2. The zero-order valence-electron chi connectivity index (χ0n) is 11.9. The molecular weight excluding hydrogens is 280 g/mol. The van der Waals surface area contributed by atoms with Crippen LogP contribution < -0.4 is 5.32 Å². The van der Waals surface area contributed by atoms with E-state index in [2.05, 4.69) is 10.5 Å². The van der Waals surface area contributed by atoms with E-state index in [0.717, 1.165) is 5.56 Å². The molecule has 0 aliphatic carbocycles. The van der Waals surface area contributed by atoms with Gasteiger partial charge in [0.1, 0.15) is 5.75 Å². The molecule has 0 radical (unpaired) electrons. The van der Waals surface area contributed by atoms with Crippen LogP contribution in [0.25, 0.3) is 11.3 Å². The van der Waals surface area contributed by atoms with E-state index in [1.807, 2.05) is 25.1 Å². The van der Waals surface area contributed by atoms with Crippen LogP contribution in [-0.4, -0.2) is 16.2 Å². The van der Waals surface area contributed by atoms with Gasteiger partial charge < -0.3 is 14.9 Å². The van der Waals surface area contributed by atoms with E-state index >= 15 is 0 Å². The summed E-state index contributed by atoms with van der Waals surface area (Å²) < 4.78 is 5.14. The third-order valence-electron chi connectivity index (χ3n) is 3.19. The molecule has 22 heavy (non-hydrogen) atoms. The second kappa shape index (κ2) is 5.73. The summed E-state index contributed by atoms with van der Waals surface area (Å²) in [4.78, 5) is 12.2. The summed E-state index contributed by atoms with van der Waals surface area (Å²) >= 11 is 0. The maximum Gasteiger partial charge on any atom is 0.277 e. The number of aromatic hydroxyl groups is 1. The van der Waals surface area contributed by atoms with Crippen LogP contribution in [0.4, 0.5) is 5.69 Å². The van der Waals surface area contributed by atoms with Gasteiger partial charge >= 0.3 is 0 Å². The van der Waals surface area contributed by atoms with Crippen LogP contribution in [0.15, 0.2) is 59.1 Å². The molecule has 2 aromatic carbocycles. The number of aryl methyl sites for hydroxylation is 1. The quantitative estimate of drug-likeness (QED) is 0.773. The maximum atomic E-state index is 12.2. The Morgan fingerprint density at radius 3 is 2.73 bits per heavy atom. The van der Waals surface area contributed by atoms with Crippen molar-refractivity contribution in [3.63, 3.8) is 0 Å². The molecule has 0 aliphatic rings. The summed E-state index contributed by atoms with van der Waals surface area (Å²) in [7, 11) is 0. The first-order chi connectivity index (χ1) is 10.6. The molecule has 0 fully saturated rings. The first-order valence-electron chi connectivity index (χ1n) is 6.76. The van der Waals surface area contributed by atoms with Gasteiger partial charge in [0.2, 0.25) is 0 Å². The Bertz CT molecular complexity index is 824. The van der Waals surface area contributed by atoms with Crippen molar-refractivity contribution in [2.24, 2.45) is 0 Å². The SMILES string of the molecule is Cc1cccc(NC(=O)c2cc(-c3ccccc3O)on2)c1. The third-order valence-corrected chi connectivity index (χ3v) is 3.19. The lowest BCUT2D eigenvalue weighted by Gasteiger charge is -2.03. The smallest absolute Gasteiger partial charge is 0.277 e. The molecule has 0 spiro atoms. The van der Waals surface area contributed by atoms with Gasteiger partial charge in [-0.1, -0.05) is 29.4 Å². The lowest BCUT2D eigenvalue weighted by Crippen LogP contribution is -2.12. The highest BCUT2D eigenvalue weighted by molar-refractivity contribution is 6.03. The molecule has 1 amide bonds. The van der Waals surface area contributed by atoms with Gasteiger partial charge in [0.15, 0.2) is 11.5 Å². The normalized spacial score (nSPS) is 10.4. The van der Waals surface area contributed by atoms with Crippen LogP contribution in [0.1, 0.15) is 16.1 Å². The van der Waals surface area contributed by atoms with E-state index in [0.29, 0.717) is 17.0 Å². The lowest BCUT2D eigenvalue weighted by atomic mass is 10.1. The van der Waals surface area contributed by atoms with Gasteiger partial charge in [-0.2, -0.15) is 0 Å². The van der Waals surface area contributed by atoms with Gasteiger partial charge in [-0.3, -0.25) is 4.79 Å². The molecule has 0 atom stereocenters. The molecule has 0 saturated heterocycles. The van der Waals surface area contributed by atoms with Crippen molar-refractivity contribution in [3.05, 3.63) is 65.9 Å². The van der Waals surface area contributed by atoms with Crippen molar-refractivity contribution in [1.29, 1.82) is 0 Å². The lowest BCUT2D eigenvalue weighted by molar-refractivity contribution is 0.101. The van der Waals surface area contributed by atoms with Gasteiger partial charge in [-0.25, -0.2) is 0 Å². The van der Waals surface area contributed by atoms with Crippen molar-refractivity contribution in [1.82, 2.24) is 5.16 Å². The number of nitrogens with one attached hydrogen (secondary N) is 1. The molecule has 110 valence electrons. The molecule has 0 unspecified atom stereocenters. The molecule has 0 bridgehead atoms. The van der Waals surface area contributed by atoms with E-state index in [4.69, 9.17) is 4.52 Å². The largest absolute Gasteiger partial charge is 0.507 e. The van der Waals surface area contributed by atoms with Crippen LogP contribution in [0.5, 0.6) is 5.75 Å². The van der Waals surface area contributed by atoms with Crippen LogP contribution in [-0.2, 0) is 0 Å². The van der Waals surface area contributed by atoms with Crippen molar-refractivity contribution >= 4 is 11.6 Å². The first kappa shape index (κ1) is 13.9. The summed E-state index contributed by atoms with van der Waals surface area (Å²) in [5, 5.41) is 16.3. The fourth-order valence-corrected chi connectivity index (χ4v) is 2.11. The highest BCUT2D eigenvalue weighted by atomic mass is 16.5. The minimum Gasteiger partial charge on any atom is -0.507 e. The minimum atomic E-state index is -0.365. The second-order valence-electron chi connectivity index (χ2n) is 4.92. The van der Waals surface area contributed by atoms with Crippen molar-refractivity contribution in [2.75, 3.05) is 5.32 Å². The number of amides is 1. The van der Waals surface area contributed by atoms with E-state index in [-0.39, 0.29) is 17.4 Å². The summed E-state index contributed by atoms with van der Waals surface area (Å²) in [5.74, 6) is 0.0489. The Labute approximate surface area is 127 Å². The highest BCUT2D eigenvalue weighted by Gasteiger charge is 2.15. The second-order valence-corrected chi connectivity index (χ2v) is 4.92. The molecule has 2 N–H and O–H groups in total. The Kier molecular flexibility index (Phi) is 3.62. The Balaban J connectivity index is 1.82. The fraction of sp³-hybridized carbons (Fsp3) is 0.0588. The molecular formula is C17H14N2O3. The number of nitrogens with zero attached hydrogens (tertiary/aromatic N) is 1. The molecule has 5 heteroatoms. The number of phenols is 1. The number of anilines is 1. The van der Waals surface area contributed by atoms with Crippen LogP contribution in [0.2, 0.25) is 0 Å². The molecule has 5 nitrogen and oxygen atoms in total.